The van der Waals surface area contributed by atoms with Crippen LogP contribution in [-0.2, 0) is 6.54 Å². The van der Waals surface area contributed by atoms with Crippen LogP contribution in [0.25, 0.3) is 22.2 Å². The molecule has 0 unspecified atom stereocenters. The van der Waals surface area contributed by atoms with Crippen LogP contribution < -0.4 is 4.90 Å². The van der Waals surface area contributed by atoms with Gasteiger partial charge in [0.25, 0.3) is 5.91 Å². The molecule has 1 fully saturated rings. The second-order valence-corrected chi connectivity index (χ2v) is 8.65. The highest BCUT2D eigenvalue weighted by Crippen LogP contribution is 2.26. The van der Waals surface area contributed by atoms with Gasteiger partial charge in [0.2, 0.25) is 0 Å². The first-order chi connectivity index (χ1) is 15.7. The molecule has 3 aromatic carbocycles. The lowest BCUT2D eigenvalue weighted by Gasteiger charge is -2.32. The van der Waals surface area contributed by atoms with Crippen molar-refractivity contribution in [2.24, 2.45) is 0 Å². The maximum Gasteiger partial charge on any atom is 0.255 e. The Hall–Kier alpha value is -3.50. The van der Waals surface area contributed by atoms with Gasteiger partial charge in [-0.1, -0.05) is 72.3 Å². The summed E-state index contributed by atoms with van der Waals surface area (Å²) in [6, 6.07) is 28.8. The number of nitrogens with zero attached hydrogens (tertiary/aromatic N) is 2. The van der Waals surface area contributed by atoms with Crippen LogP contribution in [0.4, 0.5) is 0 Å². The first-order valence-electron chi connectivity index (χ1n) is 11.3. The first-order valence-corrected chi connectivity index (χ1v) is 11.3. The van der Waals surface area contributed by atoms with Crippen molar-refractivity contribution in [2.75, 3.05) is 26.2 Å². The Morgan fingerprint density at radius 2 is 1.59 bits per heavy atom. The van der Waals surface area contributed by atoms with Gasteiger partial charge >= 0.3 is 0 Å². The van der Waals surface area contributed by atoms with Gasteiger partial charge < -0.3 is 9.80 Å². The van der Waals surface area contributed by atoms with Crippen LogP contribution in [0.2, 0.25) is 0 Å². The van der Waals surface area contributed by atoms with Crippen LogP contribution >= 0.6 is 0 Å². The van der Waals surface area contributed by atoms with E-state index in [-0.39, 0.29) is 5.91 Å². The Kier molecular flexibility index (Phi) is 5.70. The fourth-order valence-electron chi connectivity index (χ4n) is 4.53. The Labute approximate surface area is 189 Å². The molecule has 1 aromatic heterocycles. The van der Waals surface area contributed by atoms with E-state index in [4.69, 9.17) is 4.98 Å². The van der Waals surface area contributed by atoms with E-state index in [9.17, 15) is 4.79 Å². The van der Waals surface area contributed by atoms with E-state index in [1.807, 2.05) is 47.4 Å². The van der Waals surface area contributed by atoms with Crippen molar-refractivity contribution < 1.29 is 9.69 Å². The number of aryl methyl sites for hydroxylation is 1. The first kappa shape index (κ1) is 20.4. The zero-order valence-corrected chi connectivity index (χ0v) is 18.4. The molecule has 0 radical (unpaired) electrons. The summed E-state index contributed by atoms with van der Waals surface area (Å²) in [6.45, 7) is 6.56. The molecule has 1 N–H and O–H groups in total. The SMILES string of the molecule is Cc1ccc2nc(-c3ccccc3)cc(C(=O)N3CC[NH+](Cc4ccccc4)CC3)c2c1. The third-order valence-electron chi connectivity index (χ3n) is 6.32. The van der Waals surface area contributed by atoms with Crippen LogP contribution in [0.3, 0.4) is 0 Å². The number of hydrogen-bond acceptors (Lipinski definition) is 2. The molecule has 4 nitrogen and oxygen atoms in total. The van der Waals surface area contributed by atoms with Gasteiger partial charge in [-0.2, -0.15) is 0 Å². The predicted molar refractivity (Wildman–Crippen MR) is 129 cm³/mol. The molecule has 5 rings (SSSR count). The third kappa shape index (κ3) is 4.27. The molecule has 160 valence electrons. The number of carbonyl (C=O) groups excluding carboxylic acids is 1. The second kappa shape index (κ2) is 8.93. The number of carbonyl (C=O) groups is 1. The summed E-state index contributed by atoms with van der Waals surface area (Å²) in [4.78, 5) is 22.1. The fraction of sp³-hybridized carbons (Fsp3) is 0.214. The average Bonchev–Trinajstić information content (AvgIpc) is 2.85. The van der Waals surface area contributed by atoms with Crippen LogP contribution in [0.5, 0.6) is 0 Å². The van der Waals surface area contributed by atoms with Crippen LogP contribution in [0.1, 0.15) is 21.5 Å². The van der Waals surface area contributed by atoms with Crippen molar-refractivity contribution in [3.63, 3.8) is 0 Å². The molecular weight excluding hydrogens is 394 g/mol. The van der Waals surface area contributed by atoms with E-state index in [2.05, 4.69) is 49.4 Å². The molecule has 0 atom stereocenters. The van der Waals surface area contributed by atoms with Gasteiger partial charge in [-0.3, -0.25) is 4.79 Å². The van der Waals surface area contributed by atoms with Crippen LogP contribution in [0.15, 0.2) is 84.9 Å². The quantitative estimate of drug-likeness (QED) is 0.544. The molecule has 0 bridgehead atoms. The monoisotopic (exact) mass is 422 g/mol. The summed E-state index contributed by atoms with van der Waals surface area (Å²) in [5, 5.41) is 0.939. The van der Waals surface area contributed by atoms with Gasteiger partial charge in [0.1, 0.15) is 6.54 Å². The minimum absolute atomic E-state index is 0.110. The lowest BCUT2D eigenvalue weighted by molar-refractivity contribution is -0.917. The average molecular weight is 423 g/mol. The van der Waals surface area contributed by atoms with E-state index in [1.54, 1.807) is 0 Å². The normalized spacial score (nSPS) is 14.6. The van der Waals surface area contributed by atoms with Gasteiger partial charge in [0, 0.05) is 16.5 Å². The number of piperazine rings is 1. The van der Waals surface area contributed by atoms with Gasteiger partial charge in [-0.05, 0) is 25.1 Å². The zero-order valence-electron chi connectivity index (χ0n) is 18.4. The number of fused-ring (bicyclic) bond motifs is 1. The van der Waals surface area contributed by atoms with Gasteiger partial charge in [-0.15, -0.1) is 0 Å². The third-order valence-corrected chi connectivity index (χ3v) is 6.32. The van der Waals surface area contributed by atoms with E-state index >= 15 is 0 Å². The van der Waals surface area contributed by atoms with E-state index < -0.39 is 0 Å². The lowest BCUT2D eigenvalue weighted by Crippen LogP contribution is -3.13. The van der Waals surface area contributed by atoms with Gasteiger partial charge in [-0.25, -0.2) is 4.98 Å². The molecule has 4 aromatic rings. The highest BCUT2D eigenvalue weighted by atomic mass is 16.2. The molecule has 0 saturated carbocycles. The molecule has 1 aliphatic rings. The topological polar surface area (TPSA) is 37.6 Å². The van der Waals surface area contributed by atoms with Crippen molar-refractivity contribution in [3.05, 3.63) is 102 Å². The molecule has 2 heterocycles. The maximum absolute atomic E-state index is 13.7. The minimum Gasteiger partial charge on any atom is -0.328 e. The summed E-state index contributed by atoms with van der Waals surface area (Å²) in [5.74, 6) is 0.110. The van der Waals surface area contributed by atoms with Crippen LogP contribution in [-0.4, -0.2) is 42.0 Å². The highest BCUT2D eigenvalue weighted by molar-refractivity contribution is 6.07. The number of hydrogen-bond donors (Lipinski definition) is 1. The Balaban J connectivity index is 1.41. The summed E-state index contributed by atoms with van der Waals surface area (Å²) >= 11 is 0. The predicted octanol–water partition coefficient (Wildman–Crippen LogP) is 3.75. The van der Waals surface area contributed by atoms with Gasteiger partial charge in [0.05, 0.1) is 43.0 Å². The minimum atomic E-state index is 0.110. The molecular formula is C28H28N3O+. The van der Waals surface area contributed by atoms with Crippen molar-refractivity contribution in [1.82, 2.24) is 9.88 Å². The molecule has 1 aliphatic heterocycles. The fourth-order valence-corrected chi connectivity index (χ4v) is 4.53. The number of amides is 1. The number of rotatable bonds is 4. The maximum atomic E-state index is 13.7. The number of nitrogens with one attached hydrogen (secondary N) is 1. The summed E-state index contributed by atoms with van der Waals surface area (Å²) in [5.41, 5.74) is 5.99. The molecule has 0 spiro atoms. The van der Waals surface area contributed by atoms with Crippen molar-refractivity contribution >= 4 is 16.8 Å². The Morgan fingerprint density at radius 3 is 2.31 bits per heavy atom. The number of benzene rings is 3. The van der Waals surface area contributed by atoms with E-state index in [0.717, 1.165) is 66.0 Å². The standard InChI is InChI=1S/C28H27N3O/c1-21-12-13-26-24(18-21)25(19-27(29-26)23-10-6-3-7-11-23)28(32)31-16-14-30(15-17-31)20-22-8-4-2-5-9-22/h2-13,18-19H,14-17,20H2,1H3/p+1. The highest BCUT2D eigenvalue weighted by Gasteiger charge is 2.26. The second-order valence-electron chi connectivity index (χ2n) is 8.65. The van der Waals surface area contributed by atoms with Crippen molar-refractivity contribution in [2.45, 2.75) is 13.5 Å². The largest absolute Gasteiger partial charge is 0.328 e. The van der Waals surface area contributed by atoms with Crippen molar-refractivity contribution in [1.29, 1.82) is 0 Å². The van der Waals surface area contributed by atoms with Gasteiger partial charge in [0.15, 0.2) is 0 Å². The number of aromatic nitrogens is 1. The van der Waals surface area contributed by atoms with E-state index in [1.165, 1.54) is 10.5 Å². The smallest absolute Gasteiger partial charge is 0.255 e. The molecule has 1 saturated heterocycles. The molecule has 4 heteroatoms. The summed E-state index contributed by atoms with van der Waals surface area (Å²) in [6.07, 6.45) is 0. The zero-order chi connectivity index (χ0) is 21.9. The Morgan fingerprint density at radius 1 is 0.906 bits per heavy atom. The summed E-state index contributed by atoms with van der Waals surface area (Å²) in [7, 11) is 0. The molecule has 1 amide bonds. The Bertz CT molecular complexity index is 1230. The lowest BCUT2D eigenvalue weighted by atomic mass is 10.0. The molecule has 32 heavy (non-hydrogen) atoms. The number of quaternary nitrogens is 1. The van der Waals surface area contributed by atoms with Crippen molar-refractivity contribution in [3.8, 4) is 11.3 Å². The summed E-state index contributed by atoms with van der Waals surface area (Å²) < 4.78 is 0. The molecule has 0 aliphatic carbocycles. The van der Waals surface area contributed by atoms with Crippen LogP contribution in [0, 0.1) is 6.92 Å². The number of pyridine rings is 1. The van der Waals surface area contributed by atoms with E-state index in [0.29, 0.717) is 0 Å².